The maximum atomic E-state index is 3.18. The van der Waals surface area contributed by atoms with Crippen molar-refractivity contribution in [3.8, 4) is 0 Å². The van der Waals surface area contributed by atoms with E-state index in [0.717, 1.165) is 6.54 Å². The summed E-state index contributed by atoms with van der Waals surface area (Å²) in [5.74, 6) is 1.25. The molecule has 0 radical (unpaired) electrons. The molecule has 0 bridgehead atoms. The molecule has 0 atom stereocenters. The zero-order valence-corrected chi connectivity index (χ0v) is 11.5. The summed E-state index contributed by atoms with van der Waals surface area (Å²) in [5.41, 5.74) is 2.78. The average molecular weight is 237 g/mol. The van der Waals surface area contributed by atoms with Gasteiger partial charge >= 0.3 is 0 Å². The van der Waals surface area contributed by atoms with Crippen LogP contribution >= 0.6 is 11.8 Å². The molecule has 0 aromatic heterocycles. The van der Waals surface area contributed by atoms with Gasteiger partial charge in [0.25, 0.3) is 0 Å². The molecule has 1 aromatic rings. The quantitative estimate of drug-likeness (QED) is 0.568. The molecule has 0 aliphatic rings. The largest absolute Gasteiger partial charge is 0.316 e. The van der Waals surface area contributed by atoms with Crippen LogP contribution in [0.3, 0.4) is 0 Å². The Morgan fingerprint density at radius 3 is 2.69 bits per heavy atom. The van der Waals surface area contributed by atoms with E-state index < -0.39 is 0 Å². The number of unbranched alkanes of at least 4 members (excludes halogenated alkanes) is 2. The van der Waals surface area contributed by atoms with E-state index in [2.05, 4.69) is 37.4 Å². The van der Waals surface area contributed by atoms with Crippen molar-refractivity contribution in [2.75, 3.05) is 12.8 Å². The number of thioether (sulfide) groups is 1. The first-order valence-corrected chi connectivity index (χ1v) is 7.13. The van der Waals surface area contributed by atoms with Crippen LogP contribution in [0.25, 0.3) is 0 Å². The minimum Gasteiger partial charge on any atom is -0.316 e. The fraction of sp³-hybridized carbons (Fsp3) is 0.571. The number of hydrogen-bond acceptors (Lipinski definition) is 2. The second-order valence-electron chi connectivity index (χ2n) is 4.19. The lowest BCUT2D eigenvalue weighted by Crippen LogP contribution is -2.05. The van der Waals surface area contributed by atoms with E-state index in [0.29, 0.717) is 0 Å². The highest BCUT2D eigenvalue weighted by molar-refractivity contribution is 7.99. The van der Waals surface area contributed by atoms with Crippen LogP contribution in [0.4, 0.5) is 0 Å². The summed E-state index contributed by atoms with van der Waals surface area (Å²) in [4.78, 5) is 1.44. The van der Waals surface area contributed by atoms with Crippen molar-refractivity contribution in [1.82, 2.24) is 5.32 Å². The zero-order valence-electron chi connectivity index (χ0n) is 10.7. The second kappa shape index (κ2) is 7.75. The van der Waals surface area contributed by atoms with Crippen LogP contribution in [0.15, 0.2) is 23.1 Å². The topological polar surface area (TPSA) is 12.0 Å². The molecule has 0 aliphatic carbocycles. The van der Waals surface area contributed by atoms with Gasteiger partial charge in [-0.15, -0.1) is 11.8 Å². The molecule has 2 heteroatoms. The van der Waals surface area contributed by atoms with E-state index in [1.165, 1.54) is 41.0 Å². The number of benzene rings is 1. The highest BCUT2D eigenvalue weighted by Gasteiger charge is 2.00. The van der Waals surface area contributed by atoms with Gasteiger partial charge in [0.1, 0.15) is 0 Å². The molecular weight excluding hydrogens is 214 g/mol. The van der Waals surface area contributed by atoms with Crippen LogP contribution in [-0.2, 0) is 6.54 Å². The van der Waals surface area contributed by atoms with Crippen molar-refractivity contribution in [1.29, 1.82) is 0 Å². The van der Waals surface area contributed by atoms with Gasteiger partial charge in [0, 0.05) is 11.4 Å². The predicted molar refractivity (Wildman–Crippen MR) is 74.2 cm³/mol. The van der Waals surface area contributed by atoms with E-state index >= 15 is 0 Å². The van der Waals surface area contributed by atoms with Crippen molar-refractivity contribution < 1.29 is 0 Å². The predicted octanol–water partition coefficient (Wildman–Crippen LogP) is 4.00. The number of hydrogen-bond donors (Lipinski definition) is 1. The van der Waals surface area contributed by atoms with Gasteiger partial charge in [-0.1, -0.05) is 31.9 Å². The molecule has 1 aromatic carbocycles. The Morgan fingerprint density at radius 1 is 1.25 bits per heavy atom. The molecule has 0 aliphatic heterocycles. The third kappa shape index (κ3) is 4.58. The van der Waals surface area contributed by atoms with Crippen molar-refractivity contribution in [2.24, 2.45) is 0 Å². The summed E-state index contributed by atoms with van der Waals surface area (Å²) in [6, 6.07) is 6.78. The highest BCUT2D eigenvalue weighted by atomic mass is 32.2. The van der Waals surface area contributed by atoms with Gasteiger partial charge in [0.2, 0.25) is 0 Å². The van der Waals surface area contributed by atoms with E-state index in [1.807, 2.05) is 18.8 Å². The summed E-state index contributed by atoms with van der Waals surface area (Å²) >= 11 is 1.99. The average Bonchev–Trinajstić information content (AvgIpc) is 2.27. The molecule has 0 saturated heterocycles. The molecule has 0 spiro atoms. The Morgan fingerprint density at radius 2 is 2.06 bits per heavy atom. The lowest BCUT2D eigenvalue weighted by Gasteiger charge is -2.08. The Labute approximate surface area is 104 Å². The van der Waals surface area contributed by atoms with Crippen molar-refractivity contribution in [3.63, 3.8) is 0 Å². The van der Waals surface area contributed by atoms with Gasteiger partial charge in [-0.2, -0.15) is 0 Å². The van der Waals surface area contributed by atoms with Crippen LogP contribution in [0.2, 0.25) is 0 Å². The molecule has 0 saturated carbocycles. The first-order valence-electron chi connectivity index (χ1n) is 6.15. The molecule has 1 nitrogen and oxygen atoms in total. The maximum Gasteiger partial charge on any atom is 0.0202 e. The minimum atomic E-state index is 0.960. The van der Waals surface area contributed by atoms with Gasteiger partial charge in [-0.05, 0) is 43.3 Å². The molecule has 0 heterocycles. The summed E-state index contributed by atoms with van der Waals surface area (Å²) in [6.45, 7) is 5.42. The highest BCUT2D eigenvalue weighted by Crippen LogP contribution is 2.24. The Kier molecular flexibility index (Phi) is 6.58. The SMILES string of the molecule is CCCCCSc1ccc(CNC)cc1C. The fourth-order valence-electron chi connectivity index (χ4n) is 1.72. The molecule has 1 N–H and O–H groups in total. The van der Waals surface area contributed by atoms with Crippen LogP contribution in [-0.4, -0.2) is 12.8 Å². The van der Waals surface area contributed by atoms with Crippen molar-refractivity contribution in [2.45, 2.75) is 44.6 Å². The number of aryl methyl sites for hydroxylation is 1. The van der Waals surface area contributed by atoms with E-state index in [1.54, 1.807) is 0 Å². The summed E-state index contributed by atoms with van der Waals surface area (Å²) in [7, 11) is 1.99. The first kappa shape index (κ1) is 13.6. The monoisotopic (exact) mass is 237 g/mol. The fourth-order valence-corrected chi connectivity index (χ4v) is 2.74. The number of rotatable bonds is 7. The zero-order chi connectivity index (χ0) is 11.8. The van der Waals surface area contributed by atoms with Gasteiger partial charge in [0.15, 0.2) is 0 Å². The van der Waals surface area contributed by atoms with E-state index in [-0.39, 0.29) is 0 Å². The molecule has 0 unspecified atom stereocenters. The lowest BCUT2D eigenvalue weighted by molar-refractivity contribution is 0.778. The van der Waals surface area contributed by atoms with Crippen molar-refractivity contribution >= 4 is 11.8 Å². The van der Waals surface area contributed by atoms with E-state index in [4.69, 9.17) is 0 Å². The smallest absolute Gasteiger partial charge is 0.0202 e. The van der Waals surface area contributed by atoms with Gasteiger partial charge in [-0.25, -0.2) is 0 Å². The van der Waals surface area contributed by atoms with Crippen LogP contribution in [0.5, 0.6) is 0 Å². The Hall–Kier alpha value is -0.470. The van der Waals surface area contributed by atoms with Crippen molar-refractivity contribution in [3.05, 3.63) is 29.3 Å². The Bertz CT molecular complexity index is 310. The van der Waals surface area contributed by atoms with Crippen LogP contribution in [0.1, 0.15) is 37.3 Å². The number of nitrogens with one attached hydrogen (secondary N) is 1. The normalized spacial score (nSPS) is 10.7. The third-order valence-corrected chi connectivity index (χ3v) is 3.89. The molecule has 90 valence electrons. The molecule has 0 amide bonds. The summed E-state index contributed by atoms with van der Waals surface area (Å²) < 4.78 is 0. The Balaban J connectivity index is 2.47. The molecule has 0 fully saturated rings. The molecular formula is C14H23NS. The van der Waals surface area contributed by atoms with Gasteiger partial charge < -0.3 is 5.32 Å². The minimum absolute atomic E-state index is 0.960. The second-order valence-corrected chi connectivity index (χ2v) is 5.32. The molecule has 1 rings (SSSR count). The van der Waals surface area contributed by atoms with Crippen LogP contribution < -0.4 is 5.32 Å². The van der Waals surface area contributed by atoms with E-state index in [9.17, 15) is 0 Å². The summed E-state index contributed by atoms with van der Waals surface area (Å²) in [6.07, 6.45) is 3.99. The first-order chi connectivity index (χ1) is 7.77. The maximum absolute atomic E-state index is 3.18. The molecule has 16 heavy (non-hydrogen) atoms. The van der Waals surface area contributed by atoms with Crippen LogP contribution in [0, 0.1) is 6.92 Å². The standard InChI is InChI=1S/C14H23NS/c1-4-5-6-9-16-14-8-7-13(11-15-3)10-12(14)2/h7-8,10,15H,4-6,9,11H2,1-3H3. The van der Waals surface area contributed by atoms with Gasteiger partial charge in [-0.3, -0.25) is 0 Å². The van der Waals surface area contributed by atoms with Gasteiger partial charge in [0.05, 0.1) is 0 Å². The summed E-state index contributed by atoms with van der Waals surface area (Å²) in [5, 5.41) is 3.18. The lowest BCUT2D eigenvalue weighted by atomic mass is 10.1. The third-order valence-electron chi connectivity index (χ3n) is 2.63.